The number of anilines is 2. The molecule has 0 saturated carbocycles. The van der Waals surface area contributed by atoms with Gasteiger partial charge in [0.05, 0.1) is 11.9 Å². The zero-order valence-corrected chi connectivity index (χ0v) is 17.5. The summed E-state index contributed by atoms with van der Waals surface area (Å²) in [5, 5.41) is 17.0. The minimum Gasteiger partial charge on any atom is -0.340 e. The van der Waals surface area contributed by atoms with Crippen LogP contribution in [-0.2, 0) is 6.54 Å². The molecule has 0 saturated heterocycles. The molecule has 0 fully saturated rings. The van der Waals surface area contributed by atoms with Crippen LogP contribution in [-0.4, -0.2) is 44.3 Å². The molecular formula is C18H17BrCl2N6. The van der Waals surface area contributed by atoms with E-state index in [4.69, 9.17) is 23.2 Å². The highest BCUT2D eigenvalue weighted by atomic mass is 79.9. The third kappa shape index (κ3) is 4.90. The van der Waals surface area contributed by atoms with Gasteiger partial charge < -0.3 is 5.32 Å². The van der Waals surface area contributed by atoms with Gasteiger partial charge in [-0.2, -0.15) is 14.9 Å². The molecule has 27 heavy (non-hydrogen) atoms. The first-order valence-electron chi connectivity index (χ1n) is 8.29. The number of alkyl halides is 2. The van der Waals surface area contributed by atoms with Crippen molar-refractivity contribution in [1.29, 1.82) is 5.26 Å². The van der Waals surface area contributed by atoms with Crippen molar-refractivity contribution >= 4 is 56.3 Å². The van der Waals surface area contributed by atoms with Crippen LogP contribution in [0, 0.1) is 11.3 Å². The maximum atomic E-state index is 9.36. The second kappa shape index (κ2) is 9.38. The molecule has 2 aromatic heterocycles. The predicted molar refractivity (Wildman–Crippen MR) is 112 cm³/mol. The van der Waals surface area contributed by atoms with Crippen molar-refractivity contribution in [2.45, 2.75) is 6.54 Å². The van der Waals surface area contributed by atoms with Gasteiger partial charge in [0.15, 0.2) is 5.65 Å². The molecule has 0 amide bonds. The third-order valence-electron chi connectivity index (χ3n) is 3.95. The zero-order valence-electron chi connectivity index (χ0n) is 14.4. The molecule has 0 radical (unpaired) electrons. The van der Waals surface area contributed by atoms with E-state index >= 15 is 0 Å². The van der Waals surface area contributed by atoms with Gasteiger partial charge in [0.1, 0.15) is 17.5 Å². The Hall–Kier alpha value is -1.85. The van der Waals surface area contributed by atoms with Crippen LogP contribution in [0.1, 0.15) is 11.3 Å². The number of aromatic nitrogens is 3. The van der Waals surface area contributed by atoms with Crippen LogP contribution in [0.5, 0.6) is 0 Å². The second-order valence-corrected chi connectivity index (χ2v) is 7.50. The van der Waals surface area contributed by atoms with Crippen LogP contribution in [0.2, 0.25) is 0 Å². The summed E-state index contributed by atoms with van der Waals surface area (Å²) < 4.78 is 2.63. The molecule has 9 heteroatoms. The number of hydrogen-bond donors (Lipinski definition) is 1. The highest BCUT2D eigenvalue weighted by Gasteiger charge is 2.14. The average molecular weight is 468 g/mol. The molecular weight excluding hydrogens is 451 g/mol. The van der Waals surface area contributed by atoms with Crippen molar-refractivity contribution in [3.05, 3.63) is 52.3 Å². The minimum absolute atomic E-state index is 0.428. The molecule has 0 aliphatic rings. The fourth-order valence-corrected chi connectivity index (χ4v) is 3.42. The molecule has 3 aromatic rings. The van der Waals surface area contributed by atoms with E-state index in [9.17, 15) is 5.26 Å². The Morgan fingerprint density at radius 1 is 1.19 bits per heavy atom. The largest absolute Gasteiger partial charge is 0.340 e. The van der Waals surface area contributed by atoms with Crippen molar-refractivity contribution in [2.24, 2.45) is 0 Å². The Bertz CT molecular complexity index is 945. The summed E-state index contributed by atoms with van der Waals surface area (Å²) in [5.41, 5.74) is 2.67. The fourth-order valence-electron chi connectivity index (χ4n) is 2.68. The van der Waals surface area contributed by atoms with Crippen LogP contribution >= 0.6 is 39.1 Å². The Balaban J connectivity index is 1.99. The van der Waals surface area contributed by atoms with E-state index in [1.54, 1.807) is 4.52 Å². The molecule has 6 nitrogen and oxygen atoms in total. The third-order valence-corrected chi connectivity index (χ3v) is 4.82. The first kappa shape index (κ1) is 19.9. The summed E-state index contributed by atoms with van der Waals surface area (Å²) in [6.45, 7) is 2.00. The summed E-state index contributed by atoms with van der Waals surface area (Å²) in [7, 11) is 0. The second-order valence-electron chi connectivity index (χ2n) is 5.82. The monoisotopic (exact) mass is 466 g/mol. The van der Waals surface area contributed by atoms with Gasteiger partial charge in [-0.25, -0.2) is 4.98 Å². The lowest BCUT2D eigenvalue weighted by atomic mass is 10.3. The zero-order chi connectivity index (χ0) is 19.2. The van der Waals surface area contributed by atoms with E-state index < -0.39 is 0 Å². The van der Waals surface area contributed by atoms with E-state index in [0.29, 0.717) is 42.6 Å². The van der Waals surface area contributed by atoms with E-state index in [-0.39, 0.29) is 0 Å². The first-order valence-corrected chi connectivity index (χ1v) is 10.2. The lowest BCUT2D eigenvalue weighted by molar-refractivity contribution is 0.296. The van der Waals surface area contributed by atoms with E-state index in [1.165, 1.54) is 6.20 Å². The van der Waals surface area contributed by atoms with Crippen molar-refractivity contribution < 1.29 is 0 Å². The number of fused-ring (bicyclic) bond motifs is 1. The van der Waals surface area contributed by atoms with Gasteiger partial charge in [-0.3, -0.25) is 4.90 Å². The van der Waals surface area contributed by atoms with Crippen LogP contribution in [0.4, 0.5) is 11.5 Å². The topological polar surface area (TPSA) is 69.2 Å². The lowest BCUT2D eigenvalue weighted by Gasteiger charge is -2.20. The quantitative estimate of drug-likeness (QED) is 0.497. The Labute approximate surface area is 175 Å². The van der Waals surface area contributed by atoms with Crippen LogP contribution < -0.4 is 5.32 Å². The van der Waals surface area contributed by atoms with Gasteiger partial charge in [0, 0.05) is 47.6 Å². The molecule has 0 aliphatic carbocycles. The summed E-state index contributed by atoms with van der Waals surface area (Å²) in [5.74, 6) is 1.76. The maximum Gasteiger partial charge on any atom is 0.175 e. The van der Waals surface area contributed by atoms with Gasteiger partial charge in [0.25, 0.3) is 0 Å². The van der Waals surface area contributed by atoms with Gasteiger partial charge >= 0.3 is 0 Å². The summed E-state index contributed by atoms with van der Waals surface area (Å²) in [6.07, 6.45) is 1.52. The Kier molecular flexibility index (Phi) is 6.91. The highest BCUT2D eigenvalue weighted by Crippen LogP contribution is 2.22. The van der Waals surface area contributed by atoms with E-state index in [0.717, 1.165) is 21.7 Å². The van der Waals surface area contributed by atoms with Gasteiger partial charge in [-0.1, -0.05) is 15.9 Å². The van der Waals surface area contributed by atoms with Crippen LogP contribution in [0.15, 0.2) is 41.0 Å². The van der Waals surface area contributed by atoms with Crippen molar-refractivity contribution in [1.82, 2.24) is 19.5 Å². The molecule has 0 atom stereocenters. The minimum atomic E-state index is 0.428. The molecule has 1 N–H and O–H groups in total. The predicted octanol–water partition coefficient (Wildman–Crippen LogP) is 4.39. The number of benzene rings is 1. The molecule has 0 unspecified atom stereocenters. The Morgan fingerprint density at radius 2 is 1.89 bits per heavy atom. The molecule has 2 heterocycles. The lowest BCUT2D eigenvalue weighted by Crippen LogP contribution is -2.28. The van der Waals surface area contributed by atoms with E-state index in [2.05, 4.69) is 42.3 Å². The number of nitrogens with one attached hydrogen (secondary N) is 1. The van der Waals surface area contributed by atoms with Crippen LogP contribution in [0.3, 0.4) is 0 Å². The fraction of sp³-hybridized carbons (Fsp3) is 0.278. The van der Waals surface area contributed by atoms with Crippen molar-refractivity contribution in [3.8, 4) is 6.07 Å². The van der Waals surface area contributed by atoms with Gasteiger partial charge in [-0.15, -0.1) is 23.2 Å². The number of nitrogens with zero attached hydrogens (tertiary/aromatic N) is 5. The molecule has 140 valence electrons. The van der Waals surface area contributed by atoms with Gasteiger partial charge in [-0.05, 0) is 24.3 Å². The summed E-state index contributed by atoms with van der Waals surface area (Å²) >= 11 is 15.2. The first-order chi connectivity index (χ1) is 13.1. The Morgan fingerprint density at radius 3 is 2.52 bits per heavy atom. The van der Waals surface area contributed by atoms with Gasteiger partial charge in [0.2, 0.25) is 0 Å². The molecule has 0 aliphatic heterocycles. The molecule has 1 aromatic carbocycles. The number of rotatable bonds is 8. The SMILES string of the molecule is N#Cc1cnn2c(Nc3ccc(Br)cc3)cc(CN(CCCl)CCCl)nc12. The maximum absolute atomic E-state index is 9.36. The smallest absolute Gasteiger partial charge is 0.175 e. The normalized spacial score (nSPS) is 11.1. The molecule has 0 spiro atoms. The number of nitriles is 1. The van der Waals surface area contributed by atoms with Crippen LogP contribution in [0.25, 0.3) is 5.65 Å². The average Bonchev–Trinajstić information content (AvgIpc) is 3.07. The summed E-state index contributed by atoms with van der Waals surface area (Å²) in [6, 6.07) is 11.9. The van der Waals surface area contributed by atoms with Crippen molar-refractivity contribution in [2.75, 3.05) is 30.2 Å². The number of hydrogen-bond acceptors (Lipinski definition) is 5. The molecule has 0 bridgehead atoms. The summed E-state index contributed by atoms with van der Waals surface area (Å²) in [4.78, 5) is 6.76. The van der Waals surface area contributed by atoms with E-state index in [1.807, 2.05) is 30.3 Å². The highest BCUT2D eigenvalue weighted by molar-refractivity contribution is 9.10. The number of halogens is 3. The molecule has 3 rings (SSSR count). The standard InChI is InChI=1S/C18H17BrCl2N6/c19-14-1-3-15(4-2-14)24-17-9-16(12-26(7-5-20)8-6-21)25-18-13(10-22)11-23-27(17)18/h1-4,9,11,24H,5-8,12H2. The van der Waals surface area contributed by atoms with Crippen molar-refractivity contribution in [3.63, 3.8) is 0 Å².